The highest BCUT2D eigenvalue weighted by Crippen LogP contribution is 2.24. The molecule has 0 saturated heterocycles. The number of rotatable bonds is 7. The third-order valence-electron chi connectivity index (χ3n) is 4.33. The number of aryl methyl sites for hydroxylation is 2. The van der Waals surface area contributed by atoms with Gasteiger partial charge in [-0.1, -0.05) is 12.1 Å². The van der Waals surface area contributed by atoms with E-state index in [-0.39, 0.29) is 4.90 Å². The zero-order valence-electron chi connectivity index (χ0n) is 15.8. The number of sulfonamides is 1. The minimum Gasteiger partial charge on any atom is -0.497 e. The van der Waals surface area contributed by atoms with Crippen molar-refractivity contribution in [3.8, 4) is 5.75 Å². The molecule has 0 radical (unpaired) electrons. The molecule has 3 aromatic rings. The second-order valence-electron chi connectivity index (χ2n) is 6.19. The third-order valence-corrected chi connectivity index (χ3v) is 5.63. The number of hydrogen-bond donors (Lipinski definition) is 1. The van der Waals surface area contributed by atoms with E-state index in [1.165, 1.54) is 12.4 Å². The molecule has 0 bridgehead atoms. The van der Waals surface area contributed by atoms with Crippen LogP contribution in [0.25, 0.3) is 0 Å². The molecule has 0 unspecified atom stereocenters. The van der Waals surface area contributed by atoms with E-state index in [0.29, 0.717) is 24.5 Å². The van der Waals surface area contributed by atoms with Gasteiger partial charge in [0.2, 0.25) is 0 Å². The number of nitrogens with one attached hydrogen (secondary N) is 1. The molecular weight excluding hydrogens is 366 g/mol. The standard InChI is InChI=1S/C18H23N5O3S/c1-5-22-12-17(10-19-22)27(24,25)21-18-13(2)20-23(14(18)3)11-15-7-6-8-16(9-15)26-4/h6-10,12,21H,5,11H2,1-4H3. The molecule has 9 heteroatoms. The van der Waals surface area contributed by atoms with Gasteiger partial charge in [-0.25, -0.2) is 8.42 Å². The van der Waals surface area contributed by atoms with Crippen molar-refractivity contribution in [1.29, 1.82) is 0 Å². The first-order valence-corrected chi connectivity index (χ1v) is 10.0. The monoisotopic (exact) mass is 389 g/mol. The van der Waals surface area contributed by atoms with Crippen molar-refractivity contribution in [2.75, 3.05) is 11.8 Å². The topological polar surface area (TPSA) is 91.0 Å². The van der Waals surface area contributed by atoms with Crippen molar-refractivity contribution in [3.63, 3.8) is 0 Å². The maximum atomic E-state index is 12.7. The summed E-state index contributed by atoms with van der Waals surface area (Å²) in [6.45, 7) is 6.63. The lowest BCUT2D eigenvalue weighted by molar-refractivity contribution is 0.414. The number of benzene rings is 1. The molecular formula is C18H23N5O3S. The Bertz CT molecular complexity index is 1050. The van der Waals surface area contributed by atoms with E-state index < -0.39 is 10.0 Å². The first-order valence-electron chi connectivity index (χ1n) is 8.56. The molecule has 2 aromatic heterocycles. The zero-order valence-corrected chi connectivity index (χ0v) is 16.6. The molecule has 0 saturated carbocycles. The highest BCUT2D eigenvalue weighted by Gasteiger charge is 2.21. The first kappa shape index (κ1) is 19.0. The molecule has 2 heterocycles. The van der Waals surface area contributed by atoms with Crippen molar-refractivity contribution in [3.05, 3.63) is 53.6 Å². The number of nitrogens with zero attached hydrogens (tertiary/aromatic N) is 4. The Morgan fingerprint density at radius 1 is 1.26 bits per heavy atom. The van der Waals surface area contributed by atoms with Crippen LogP contribution < -0.4 is 9.46 Å². The van der Waals surface area contributed by atoms with E-state index in [1.807, 2.05) is 38.1 Å². The summed E-state index contributed by atoms with van der Waals surface area (Å²) < 4.78 is 36.6. The van der Waals surface area contributed by atoms with Gasteiger partial charge in [-0.3, -0.25) is 14.1 Å². The lowest BCUT2D eigenvalue weighted by Crippen LogP contribution is -2.14. The van der Waals surface area contributed by atoms with Gasteiger partial charge in [0.25, 0.3) is 10.0 Å². The van der Waals surface area contributed by atoms with Crippen molar-refractivity contribution >= 4 is 15.7 Å². The highest BCUT2D eigenvalue weighted by atomic mass is 32.2. The summed E-state index contributed by atoms with van der Waals surface area (Å²) in [5.41, 5.74) is 2.85. The molecule has 0 aliphatic rings. The van der Waals surface area contributed by atoms with E-state index in [9.17, 15) is 8.42 Å². The number of aromatic nitrogens is 4. The average molecular weight is 389 g/mol. The SMILES string of the molecule is CCn1cc(S(=O)(=O)Nc2c(C)nn(Cc3cccc(OC)c3)c2C)cn1. The fourth-order valence-electron chi connectivity index (χ4n) is 2.79. The molecule has 1 aromatic carbocycles. The molecule has 1 N–H and O–H groups in total. The van der Waals surface area contributed by atoms with Crippen LogP contribution in [0.1, 0.15) is 23.9 Å². The van der Waals surface area contributed by atoms with Crippen molar-refractivity contribution in [2.45, 2.75) is 38.8 Å². The van der Waals surface area contributed by atoms with Crippen LogP contribution in [0.15, 0.2) is 41.6 Å². The Labute approximate surface area is 158 Å². The van der Waals surface area contributed by atoms with Crippen molar-refractivity contribution < 1.29 is 13.2 Å². The average Bonchev–Trinajstić information content (AvgIpc) is 3.23. The lowest BCUT2D eigenvalue weighted by Gasteiger charge is -2.09. The largest absolute Gasteiger partial charge is 0.497 e. The maximum Gasteiger partial charge on any atom is 0.265 e. The molecule has 0 fully saturated rings. The zero-order chi connectivity index (χ0) is 19.6. The van der Waals surface area contributed by atoms with E-state index in [0.717, 1.165) is 17.0 Å². The molecule has 0 amide bonds. The van der Waals surface area contributed by atoms with Gasteiger partial charge in [-0.2, -0.15) is 10.2 Å². The molecule has 144 valence electrons. The van der Waals surface area contributed by atoms with Gasteiger partial charge < -0.3 is 4.74 Å². The molecule has 0 aliphatic heterocycles. The van der Waals surface area contributed by atoms with Crippen LogP contribution >= 0.6 is 0 Å². The second kappa shape index (κ2) is 7.43. The van der Waals surface area contributed by atoms with Crippen LogP contribution in [0, 0.1) is 13.8 Å². The van der Waals surface area contributed by atoms with Gasteiger partial charge >= 0.3 is 0 Å². The summed E-state index contributed by atoms with van der Waals surface area (Å²) in [6.07, 6.45) is 2.85. The molecule has 3 rings (SSSR count). The number of methoxy groups -OCH3 is 1. The van der Waals surface area contributed by atoms with E-state index in [2.05, 4.69) is 14.9 Å². The Morgan fingerprint density at radius 2 is 2.04 bits per heavy atom. The summed E-state index contributed by atoms with van der Waals surface area (Å²) >= 11 is 0. The molecule has 0 spiro atoms. The van der Waals surface area contributed by atoms with Gasteiger partial charge in [-0.15, -0.1) is 0 Å². The van der Waals surface area contributed by atoms with Crippen molar-refractivity contribution in [2.24, 2.45) is 0 Å². The number of ether oxygens (including phenoxy) is 1. The molecule has 0 atom stereocenters. The summed E-state index contributed by atoms with van der Waals surface area (Å²) in [4.78, 5) is 0.128. The third kappa shape index (κ3) is 3.97. The molecule has 0 aliphatic carbocycles. The Hall–Kier alpha value is -2.81. The fourth-order valence-corrected chi connectivity index (χ4v) is 3.92. The Balaban J connectivity index is 1.87. The van der Waals surface area contributed by atoms with Gasteiger partial charge in [0.15, 0.2) is 0 Å². The van der Waals surface area contributed by atoms with Crippen LogP contribution in [0.5, 0.6) is 5.75 Å². The van der Waals surface area contributed by atoms with Gasteiger partial charge in [-0.05, 0) is 38.5 Å². The normalized spacial score (nSPS) is 11.6. The highest BCUT2D eigenvalue weighted by molar-refractivity contribution is 7.92. The summed E-state index contributed by atoms with van der Waals surface area (Å²) in [7, 11) is -2.10. The van der Waals surface area contributed by atoms with Gasteiger partial charge in [0, 0.05) is 12.7 Å². The summed E-state index contributed by atoms with van der Waals surface area (Å²) in [5.74, 6) is 0.767. The maximum absolute atomic E-state index is 12.7. The van der Waals surface area contributed by atoms with Crippen LogP contribution in [-0.4, -0.2) is 35.1 Å². The van der Waals surface area contributed by atoms with Crippen LogP contribution in [0.4, 0.5) is 5.69 Å². The predicted octanol–water partition coefficient (Wildman–Crippen LogP) is 2.57. The lowest BCUT2D eigenvalue weighted by atomic mass is 10.2. The second-order valence-corrected chi connectivity index (χ2v) is 7.87. The fraction of sp³-hybridized carbons (Fsp3) is 0.333. The van der Waals surface area contributed by atoms with Gasteiger partial charge in [0.05, 0.1) is 36.9 Å². The van der Waals surface area contributed by atoms with Crippen molar-refractivity contribution in [1.82, 2.24) is 19.6 Å². The molecule has 8 nitrogen and oxygen atoms in total. The molecule has 27 heavy (non-hydrogen) atoms. The Kier molecular flexibility index (Phi) is 5.22. The summed E-state index contributed by atoms with van der Waals surface area (Å²) in [6, 6.07) is 7.69. The van der Waals surface area contributed by atoms with E-state index >= 15 is 0 Å². The minimum atomic E-state index is -3.72. The summed E-state index contributed by atoms with van der Waals surface area (Å²) in [5, 5.41) is 8.52. The van der Waals surface area contributed by atoms with E-state index in [4.69, 9.17) is 4.74 Å². The smallest absolute Gasteiger partial charge is 0.265 e. The van der Waals surface area contributed by atoms with Crippen LogP contribution in [-0.2, 0) is 23.1 Å². The number of hydrogen-bond acceptors (Lipinski definition) is 5. The van der Waals surface area contributed by atoms with Gasteiger partial charge in [0.1, 0.15) is 10.6 Å². The Morgan fingerprint density at radius 3 is 2.70 bits per heavy atom. The minimum absolute atomic E-state index is 0.128. The van der Waals surface area contributed by atoms with Crippen LogP contribution in [0.3, 0.4) is 0 Å². The first-order chi connectivity index (χ1) is 12.8. The van der Waals surface area contributed by atoms with Crippen LogP contribution in [0.2, 0.25) is 0 Å². The van der Waals surface area contributed by atoms with E-state index in [1.54, 1.807) is 23.4 Å². The quantitative estimate of drug-likeness (QED) is 0.671. The predicted molar refractivity (Wildman–Crippen MR) is 103 cm³/mol. The number of anilines is 1.